The van der Waals surface area contributed by atoms with Crippen molar-refractivity contribution in [1.82, 2.24) is 20.3 Å². The number of anilines is 1. The largest absolute Gasteiger partial charge is 0.375 e. The first-order chi connectivity index (χ1) is 9.26. The molecule has 6 nitrogen and oxygen atoms in total. The maximum atomic E-state index is 9.51. The van der Waals surface area contributed by atoms with Crippen LogP contribution < -0.4 is 10.2 Å². The van der Waals surface area contributed by atoms with Crippen molar-refractivity contribution in [2.24, 2.45) is 0 Å². The van der Waals surface area contributed by atoms with Crippen molar-refractivity contribution < 1.29 is 5.11 Å². The first-order valence-electron chi connectivity index (χ1n) is 6.38. The van der Waals surface area contributed by atoms with Gasteiger partial charge in [0.15, 0.2) is 5.65 Å². The minimum Gasteiger partial charge on any atom is -0.375 e. The summed E-state index contributed by atoms with van der Waals surface area (Å²) in [6.07, 6.45) is 5.43. The Morgan fingerprint density at radius 3 is 3.37 bits per heavy atom. The van der Waals surface area contributed by atoms with Crippen molar-refractivity contribution >= 4 is 17.0 Å². The zero-order valence-electron chi connectivity index (χ0n) is 10.6. The molecular formula is C13H17N5O. The molecule has 3 heterocycles. The predicted molar refractivity (Wildman–Crippen MR) is 73.8 cm³/mol. The molecule has 0 spiro atoms. The van der Waals surface area contributed by atoms with Crippen LogP contribution in [0.25, 0.3) is 11.2 Å². The van der Waals surface area contributed by atoms with Crippen molar-refractivity contribution in [2.75, 3.05) is 18.0 Å². The molecule has 100 valence electrons. The molecule has 2 aromatic heterocycles. The molecule has 2 atom stereocenters. The summed E-state index contributed by atoms with van der Waals surface area (Å²) in [7, 11) is 0. The maximum absolute atomic E-state index is 9.51. The van der Waals surface area contributed by atoms with Gasteiger partial charge in [0.05, 0.1) is 6.20 Å². The Morgan fingerprint density at radius 2 is 2.53 bits per heavy atom. The average molecular weight is 259 g/mol. The average Bonchev–Trinajstić information content (AvgIpc) is 3.05. The lowest BCUT2D eigenvalue weighted by Gasteiger charge is -2.18. The molecule has 3 rings (SSSR count). The normalized spacial score (nSPS) is 20.9. The molecule has 0 amide bonds. The second kappa shape index (κ2) is 4.99. The van der Waals surface area contributed by atoms with Gasteiger partial charge in [-0.05, 0) is 18.6 Å². The lowest BCUT2D eigenvalue weighted by atomic mass is 10.2. The van der Waals surface area contributed by atoms with Gasteiger partial charge in [0.2, 0.25) is 0 Å². The van der Waals surface area contributed by atoms with E-state index >= 15 is 0 Å². The van der Waals surface area contributed by atoms with Crippen LogP contribution >= 0.6 is 0 Å². The Labute approximate surface area is 111 Å². The SMILES string of the molecule is C=CC(O)NC1CCN(c2cnc3[nH]ccc3n2)C1. The van der Waals surface area contributed by atoms with E-state index in [0.717, 1.165) is 36.5 Å². The first-order valence-corrected chi connectivity index (χ1v) is 6.38. The number of nitrogens with one attached hydrogen (secondary N) is 2. The van der Waals surface area contributed by atoms with E-state index < -0.39 is 6.23 Å². The number of hydrogen-bond acceptors (Lipinski definition) is 5. The van der Waals surface area contributed by atoms with Gasteiger partial charge in [-0.25, -0.2) is 9.97 Å². The number of aromatic amines is 1. The van der Waals surface area contributed by atoms with Gasteiger partial charge in [-0.1, -0.05) is 6.58 Å². The minimum absolute atomic E-state index is 0.247. The zero-order chi connectivity index (χ0) is 13.2. The molecule has 0 aromatic carbocycles. The van der Waals surface area contributed by atoms with Crippen molar-refractivity contribution in [2.45, 2.75) is 18.7 Å². The maximum Gasteiger partial charge on any atom is 0.156 e. The van der Waals surface area contributed by atoms with Crippen LogP contribution in [0, 0.1) is 0 Å². The molecule has 3 N–H and O–H groups in total. The summed E-state index contributed by atoms with van der Waals surface area (Å²) in [6.45, 7) is 5.28. The highest BCUT2D eigenvalue weighted by molar-refractivity contribution is 5.72. The van der Waals surface area contributed by atoms with Crippen LogP contribution in [0.1, 0.15) is 6.42 Å². The lowest BCUT2D eigenvalue weighted by Crippen LogP contribution is -2.39. The summed E-state index contributed by atoms with van der Waals surface area (Å²) < 4.78 is 0. The fraction of sp³-hybridized carbons (Fsp3) is 0.385. The molecule has 0 bridgehead atoms. The van der Waals surface area contributed by atoms with E-state index in [-0.39, 0.29) is 6.04 Å². The Morgan fingerprint density at radius 1 is 1.63 bits per heavy atom. The third-order valence-corrected chi connectivity index (χ3v) is 3.39. The molecular weight excluding hydrogens is 242 g/mol. The third kappa shape index (κ3) is 2.45. The lowest BCUT2D eigenvalue weighted by molar-refractivity contribution is 0.171. The van der Waals surface area contributed by atoms with E-state index in [1.165, 1.54) is 6.08 Å². The van der Waals surface area contributed by atoms with Crippen molar-refractivity contribution in [3.8, 4) is 0 Å². The fourth-order valence-corrected chi connectivity index (χ4v) is 2.39. The number of fused-ring (bicyclic) bond motifs is 1. The number of rotatable bonds is 4. The molecule has 0 saturated carbocycles. The minimum atomic E-state index is -0.650. The van der Waals surface area contributed by atoms with Crippen LogP contribution in [-0.4, -0.2) is 45.4 Å². The quantitative estimate of drug-likeness (QED) is 0.554. The monoisotopic (exact) mass is 259 g/mol. The van der Waals surface area contributed by atoms with Crippen LogP contribution in [0.15, 0.2) is 31.1 Å². The van der Waals surface area contributed by atoms with Crippen LogP contribution in [-0.2, 0) is 0 Å². The third-order valence-electron chi connectivity index (χ3n) is 3.39. The molecule has 1 saturated heterocycles. The summed E-state index contributed by atoms with van der Waals surface area (Å²) in [6, 6.07) is 2.16. The zero-order valence-corrected chi connectivity index (χ0v) is 10.6. The highest BCUT2D eigenvalue weighted by atomic mass is 16.3. The van der Waals surface area contributed by atoms with E-state index in [9.17, 15) is 5.11 Å². The van der Waals surface area contributed by atoms with Crippen LogP contribution in [0.3, 0.4) is 0 Å². The van der Waals surface area contributed by atoms with E-state index in [0.29, 0.717) is 0 Å². The summed E-state index contributed by atoms with van der Waals surface area (Å²) in [4.78, 5) is 14.1. The molecule has 6 heteroatoms. The smallest absolute Gasteiger partial charge is 0.156 e. The Balaban J connectivity index is 1.71. The molecule has 0 radical (unpaired) electrons. The fourth-order valence-electron chi connectivity index (χ4n) is 2.39. The number of nitrogens with zero attached hydrogens (tertiary/aromatic N) is 3. The van der Waals surface area contributed by atoms with Crippen LogP contribution in [0.2, 0.25) is 0 Å². The Kier molecular flexibility index (Phi) is 3.18. The number of H-pyrrole nitrogens is 1. The van der Waals surface area contributed by atoms with Gasteiger partial charge < -0.3 is 15.0 Å². The van der Waals surface area contributed by atoms with Crippen molar-refractivity contribution in [3.63, 3.8) is 0 Å². The van der Waals surface area contributed by atoms with Crippen molar-refractivity contribution in [3.05, 3.63) is 31.1 Å². The molecule has 1 aliphatic heterocycles. The van der Waals surface area contributed by atoms with Gasteiger partial charge in [0.25, 0.3) is 0 Å². The summed E-state index contributed by atoms with van der Waals surface area (Å²) >= 11 is 0. The topological polar surface area (TPSA) is 77.1 Å². The van der Waals surface area contributed by atoms with Gasteiger partial charge >= 0.3 is 0 Å². The summed E-state index contributed by atoms with van der Waals surface area (Å²) in [5.74, 6) is 0.879. The van der Waals surface area contributed by atoms with Crippen LogP contribution in [0.4, 0.5) is 5.82 Å². The highest BCUT2D eigenvalue weighted by Crippen LogP contribution is 2.19. The molecule has 1 aliphatic rings. The number of aliphatic hydroxyl groups is 1. The van der Waals surface area contributed by atoms with Crippen LogP contribution in [0.5, 0.6) is 0 Å². The number of aromatic nitrogens is 3. The van der Waals surface area contributed by atoms with E-state index in [1.807, 2.05) is 12.3 Å². The summed E-state index contributed by atoms with van der Waals surface area (Å²) in [5, 5.41) is 12.6. The van der Waals surface area contributed by atoms with E-state index in [4.69, 9.17) is 0 Å². The molecule has 19 heavy (non-hydrogen) atoms. The molecule has 0 aliphatic carbocycles. The van der Waals surface area contributed by atoms with Gasteiger partial charge in [-0.15, -0.1) is 0 Å². The standard InChI is InChI=1S/C13H17N5O/c1-2-12(19)16-9-4-6-18(8-9)11-7-15-13-10(17-11)3-5-14-13/h2-3,5,7,9,12,16,19H,1,4,6,8H2,(H,14,15). The van der Waals surface area contributed by atoms with Crippen molar-refractivity contribution in [1.29, 1.82) is 0 Å². The molecule has 2 unspecified atom stereocenters. The van der Waals surface area contributed by atoms with Gasteiger partial charge in [-0.2, -0.15) is 0 Å². The van der Waals surface area contributed by atoms with Gasteiger partial charge in [-0.3, -0.25) is 5.32 Å². The van der Waals surface area contributed by atoms with Gasteiger partial charge in [0.1, 0.15) is 17.6 Å². The number of aliphatic hydroxyl groups excluding tert-OH is 1. The number of hydrogen-bond donors (Lipinski definition) is 3. The Hall–Kier alpha value is -1.92. The van der Waals surface area contributed by atoms with E-state index in [2.05, 4.69) is 31.7 Å². The summed E-state index contributed by atoms with van der Waals surface area (Å²) in [5.41, 5.74) is 1.68. The second-order valence-electron chi connectivity index (χ2n) is 4.72. The Bertz CT molecular complexity index is 581. The molecule has 2 aromatic rings. The highest BCUT2D eigenvalue weighted by Gasteiger charge is 2.24. The van der Waals surface area contributed by atoms with Gasteiger partial charge in [0, 0.05) is 25.3 Å². The molecule has 1 fully saturated rings. The first kappa shape index (κ1) is 12.1. The van der Waals surface area contributed by atoms with E-state index in [1.54, 1.807) is 6.20 Å². The second-order valence-corrected chi connectivity index (χ2v) is 4.72. The predicted octanol–water partition coefficient (Wildman–Crippen LogP) is 0.631.